The Bertz CT molecular complexity index is 1020. The summed E-state index contributed by atoms with van der Waals surface area (Å²) in [6.07, 6.45) is 1.66. The largest absolute Gasteiger partial charge is 0.282 e. The molecule has 0 aromatic heterocycles. The van der Waals surface area contributed by atoms with Gasteiger partial charge in [0.05, 0.1) is 5.69 Å². The van der Waals surface area contributed by atoms with Crippen LogP contribution in [0.2, 0.25) is 0 Å². The van der Waals surface area contributed by atoms with E-state index in [1.54, 1.807) is 30.0 Å². The van der Waals surface area contributed by atoms with Crippen molar-refractivity contribution < 1.29 is 9.59 Å². The van der Waals surface area contributed by atoms with Crippen molar-refractivity contribution >= 4 is 35.3 Å². The van der Waals surface area contributed by atoms with E-state index in [1.807, 2.05) is 72.8 Å². The van der Waals surface area contributed by atoms with E-state index < -0.39 is 5.91 Å². The van der Waals surface area contributed by atoms with E-state index in [0.29, 0.717) is 5.69 Å². The summed E-state index contributed by atoms with van der Waals surface area (Å²) in [4.78, 5) is 27.2. The summed E-state index contributed by atoms with van der Waals surface area (Å²) in [7, 11) is 0. The first-order valence-electron chi connectivity index (χ1n) is 8.46. The van der Waals surface area contributed by atoms with Gasteiger partial charge in [-0.25, -0.2) is 5.01 Å². The van der Waals surface area contributed by atoms with Crippen molar-refractivity contribution in [2.45, 2.75) is 9.79 Å². The molecule has 5 heteroatoms. The Kier molecular flexibility index (Phi) is 4.77. The number of para-hydroxylation sites is 1. The summed E-state index contributed by atoms with van der Waals surface area (Å²) in [6.45, 7) is 0. The molecule has 0 bridgehead atoms. The fourth-order valence-corrected chi connectivity index (χ4v) is 3.72. The molecule has 4 nitrogen and oxygen atoms in total. The standard InChI is InChI=1S/C22H16N2O2S/c25-21-19(22(26)24(23-21)17-10-3-1-4-11-17)15-16-9-7-8-14-20(16)27-18-12-5-2-6-13-18/h1-15H,(H,23,25). The first kappa shape index (κ1) is 17.1. The molecule has 1 fully saturated rings. The van der Waals surface area contributed by atoms with Crippen LogP contribution in [-0.4, -0.2) is 11.8 Å². The van der Waals surface area contributed by atoms with Crippen LogP contribution in [0.3, 0.4) is 0 Å². The number of hydrogen-bond donors (Lipinski definition) is 1. The van der Waals surface area contributed by atoms with E-state index in [4.69, 9.17) is 0 Å². The van der Waals surface area contributed by atoms with E-state index in [-0.39, 0.29) is 11.5 Å². The lowest BCUT2D eigenvalue weighted by molar-refractivity contribution is -0.117. The number of rotatable bonds is 4. The molecular formula is C22H16N2O2S. The highest BCUT2D eigenvalue weighted by Gasteiger charge is 2.34. The molecule has 2 amide bonds. The van der Waals surface area contributed by atoms with E-state index >= 15 is 0 Å². The van der Waals surface area contributed by atoms with E-state index in [2.05, 4.69) is 5.43 Å². The number of hydrazine groups is 1. The number of benzene rings is 3. The lowest BCUT2D eigenvalue weighted by atomic mass is 10.1. The van der Waals surface area contributed by atoms with Gasteiger partial charge < -0.3 is 0 Å². The first-order chi connectivity index (χ1) is 13.2. The molecule has 0 radical (unpaired) electrons. The average Bonchev–Trinajstić information content (AvgIpc) is 2.99. The molecule has 1 N–H and O–H groups in total. The molecule has 0 atom stereocenters. The predicted octanol–water partition coefficient (Wildman–Crippen LogP) is 4.30. The van der Waals surface area contributed by atoms with Crippen LogP contribution in [-0.2, 0) is 9.59 Å². The van der Waals surface area contributed by atoms with Gasteiger partial charge in [-0.2, -0.15) is 0 Å². The lowest BCUT2D eigenvalue weighted by Crippen LogP contribution is -2.35. The number of amides is 2. The molecule has 0 saturated carbocycles. The van der Waals surface area contributed by atoms with Crippen molar-refractivity contribution in [3.05, 3.63) is 96.1 Å². The molecule has 0 spiro atoms. The minimum Gasteiger partial charge on any atom is -0.267 e. The summed E-state index contributed by atoms with van der Waals surface area (Å²) in [5.41, 5.74) is 4.22. The first-order valence-corrected chi connectivity index (χ1v) is 9.28. The van der Waals surface area contributed by atoms with Crippen molar-refractivity contribution in [2.24, 2.45) is 0 Å². The lowest BCUT2D eigenvalue weighted by Gasteiger charge is -2.13. The molecule has 3 aromatic carbocycles. The topological polar surface area (TPSA) is 49.4 Å². The van der Waals surface area contributed by atoms with Crippen LogP contribution in [0.25, 0.3) is 6.08 Å². The average molecular weight is 372 g/mol. The Morgan fingerprint density at radius 1 is 0.778 bits per heavy atom. The maximum absolute atomic E-state index is 12.8. The minimum atomic E-state index is -0.400. The van der Waals surface area contributed by atoms with Crippen molar-refractivity contribution in [3.8, 4) is 0 Å². The zero-order valence-corrected chi connectivity index (χ0v) is 15.1. The molecule has 1 heterocycles. The molecule has 0 unspecified atom stereocenters. The van der Waals surface area contributed by atoms with Gasteiger partial charge in [-0.15, -0.1) is 0 Å². The molecule has 27 heavy (non-hydrogen) atoms. The van der Waals surface area contributed by atoms with Crippen LogP contribution >= 0.6 is 11.8 Å². The number of anilines is 1. The molecule has 4 rings (SSSR count). The van der Waals surface area contributed by atoms with Crippen LogP contribution in [0, 0.1) is 0 Å². The molecule has 132 valence electrons. The Morgan fingerprint density at radius 3 is 2.15 bits per heavy atom. The quantitative estimate of drug-likeness (QED) is 0.549. The number of nitrogens with one attached hydrogen (secondary N) is 1. The second-order valence-electron chi connectivity index (χ2n) is 5.93. The Hall–Kier alpha value is -3.31. The van der Waals surface area contributed by atoms with Gasteiger partial charge in [0.15, 0.2) is 0 Å². The van der Waals surface area contributed by atoms with Gasteiger partial charge in [0.25, 0.3) is 11.8 Å². The zero-order chi connectivity index (χ0) is 18.6. The highest BCUT2D eigenvalue weighted by atomic mass is 32.2. The number of carbonyl (C=O) groups is 2. The smallest absolute Gasteiger partial charge is 0.267 e. The van der Waals surface area contributed by atoms with E-state index in [9.17, 15) is 9.59 Å². The summed E-state index contributed by atoms with van der Waals surface area (Å²) in [5, 5.41) is 1.28. The van der Waals surface area contributed by atoms with Gasteiger partial charge in [-0.05, 0) is 42.0 Å². The van der Waals surface area contributed by atoms with Crippen LogP contribution in [0.4, 0.5) is 5.69 Å². The van der Waals surface area contributed by atoms with Gasteiger partial charge in [0.1, 0.15) is 5.57 Å². The summed E-state index contributed by atoms with van der Waals surface area (Å²) in [6, 6.07) is 26.8. The maximum atomic E-state index is 12.8. The number of nitrogens with zero attached hydrogens (tertiary/aromatic N) is 1. The van der Waals surface area contributed by atoms with Gasteiger partial charge in [-0.3, -0.25) is 15.0 Å². The highest BCUT2D eigenvalue weighted by molar-refractivity contribution is 7.99. The van der Waals surface area contributed by atoms with Gasteiger partial charge in [-0.1, -0.05) is 66.4 Å². The summed E-state index contributed by atoms with van der Waals surface area (Å²) < 4.78 is 0. The Morgan fingerprint density at radius 2 is 1.41 bits per heavy atom. The second-order valence-corrected chi connectivity index (χ2v) is 7.04. The predicted molar refractivity (Wildman–Crippen MR) is 107 cm³/mol. The van der Waals surface area contributed by atoms with Crippen molar-refractivity contribution in [1.29, 1.82) is 0 Å². The Balaban J connectivity index is 1.66. The third-order valence-corrected chi connectivity index (χ3v) is 5.20. The molecule has 3 aromatic rings. The fraction of sp³-hybridized carbons (Fsp3) is 0. The number of carbonyl (C=O) groups excluding carboxylic acids is 2. The molecule has 1 aliphatic heterocycles. The molecule has 0 aliphatic carbocycles. The summed E-state index contributed by atoms with van der Waals surface area (Å²) in [5.74, 6) is -0.755. The highest BCUT2D eigenvalue weighted by Crippen LogP contribution is 2.32. The SMILES string of the molecule is O=C1NN(c2ccccc2)C(=O)C1=Cc1ccccc1Sc1ccccc1. The fourth-order valence-electron chi connectivity index (χ4n) is 2.78. The summed E-state index contributed by atoms with van der Waals surface area (Å²) >= 11 is 1.60. The van der Waals surface area contributed by atoms with Crippen molar-refractivity contribution in [1.82, 2.24) is 5.43 Å². The maximum Gasteiger partial charge on any atom is 0.282 e. The second kappa shape index (κ2) is 7.51. The van der Waals surface area contributed by atoms with Gasteiger partial charge in [0.2, 0.25) is 0 Å². The third-order valence-electron chi connectivity index (χ3n) is 4.10. The number of hydrogen-bond acceptors (Lipinski definition) is 3. The molecule has 1 aliphatic rings. The van der Waals surface area contributed by atoms with Crippen LogP contribution in [0.15, 0.2) is 100 Å². The normalized spacial score (nSPS) is 15.3. The van der Waals surface area contributed by atoms with E-state index in [1.165, 1.54) is 5.01 Å². The van der Waals surface area contributed by atoms with Crippen LogP contribution in [0.5, 0.6) is 0 Å². The monoisotopic (exact) mass is 372 g/mol. The van der Waals surface area contributed by atoms with Crippen LogP contribution < -0.4 is 10.4 Å². The Labute approximate surface area is 161 Å². The van der Waals surface area contributed by atoms with Crippen LogP contribution in [0.1, 0.15) is 5.56 Å². The van der Waals surface area contributed by atoms with Crippen molar-refractivity contribution in [2.75, 3.05) is 5.01 Å². The van der Waals surface area contributed by atoms with Crippen molar-refractivity contribution in [3.63, 3.8) is 0 Å². The minimum absolute atomic E-state index is 0.125. The molecule has 1 saturated heterocycles. The zero-order valence-electron chi connectivity index (χ0n) is 14.3. The van der Waals surface area contributed by atoms with E-state index in [0.717, 1.165) is 15.4 Å². The third kappa shape index (κ3) is 3.64. The van der Waals surface area contributed by atoms with Gasteiger partial charge >= 0.3 is 0 Å². The van der Waals surface area contributed by atoms with Gasteiger partial charge in [0, 0.05) is 9.79 Å². The molecular weight excluding hydrogens is 356 g/mol.